The van der Waals surface area contributed by atoms with E-state index in [0.717, 1.165) is 44.9 Å². The van der Waals surface area contributed by atoms with Gasteiger partial charge in [0.05, 0.1) is 25.4 Å². The van der Waals surface area contributed by atoms with Crippen molar-refractivity contribution in [2.24, 2.45) is 0 Å². The number of unbranched alkanes of at least 4 members (excludes halogenated alkanes) is 51. The molecule has 6 nitrogen and oxygen atoms in total. The molecular weight excluding hydrogens is 947 g/mol. The van der Waals surface area contributed by atoms with Crippen molar-refractivity contribution in [2.45, 2.75) is 405 Å². The maximum Gasteiger partial charge on any atom is 0.305 e. The molecule has 0 radical (unpaired) electrons. The number of hydrogen-bond acceptors (Lipinski definition) is 5. The second-order valence-corrected chi connectivity index (χ2v) is 24.2. The number of ether oxygens (including phenoxy) is 1. The number of amides is 1. The van der Waals surface area contributed by atoms with Crippen LogP contribution in [-0.4, -0.2) is 47.4 Å². The SMILES string of the molecule is CCCCCCCCC/C=C\CCCCCCCC(=O)OCCCCCCCCCCCCCC/C=C\CCCCCCCCCCCCCCCCC(=O)NC(CO)C(O)CCCCCCCCCCCCCCCC. The van der Waals surface area contributed by atoms with Crippen LogP contribution in [0.5, 0.6) is 0 Å². The molecule has 0 heterocycles. The van der Waals surface area contributed by atoms with Crippen molar-refractivity contribution in [3.05, 3.63) is 24.3 Å². The second kappa shape index (κ2) is 66.8. The van der Waals surface area contributed by atoms with Crippen molar-refractivity contribution >= 4 is 11.9 Å². The van der Waals surface area contributed by atoms with Crippen LogP contribution in [0.2, 0.25) is 0 Å². The Balaban J connectivity index is 3.35. The predicted molar refractivity (Wildman–Crippen MR) is 338 cm³/mol. The number of allylic oxidation sites excluding steroid dienone is 4. The Labute approximate surface area is 481 Å². The fourth-order valence-electron chi connectivity index (χ4n) is 11.1. The van der Waals surface area contributed by atoms with E-state index >= 15 is 0 Å². The summed E-state index contributed by atoms with van der Waals surface area (Å²) in [6.07, 6.45) is 83.7. The van der Waals surface area contributed by atoms with E-state index in [0.29, 0.717) is 25.9 Å². The Kier molecular flexibility index (Phi) is 65.4. The molecule has 0 aromatic rings. The lowest BCUT2D eigenvalue weighted by molar-refractivity contribution is -0.143. The first-order valence-electron chi connectivity index (χ1n) is 35.1. The zero-order valence-electron chi connectivity index (χ0n) is 52.2. The molecular formula is C71H137NO5. The summed E-state index contributed by atoms with van der Waals surface area (Å²) in [5, 5.41) is 23.3. The van der Waals surface area contributed by atoms with E-state index in [1.807, 2.05) is 0 Å². The summed E-state index contributed by atoms with van der Waals surface area (Å²) in [5.74, 6) is -0.0208. The van der Waals surface area contributed by atoms with Crippen molar-refractivity contribution in [1.29, 1.82) is 0 Å². The minimum absolute atomic E-state index is 0.0103. The highest BCUT2D eigenvalue weighted by atomic mass is 16.5. The van der Waals surface area contributed by atoms with Crippen molar-refractivity contribution in [3.8, 4) is 0 Å². The summed E-state index contributed by atoms with van der Waals surface area (Å²) in [5.41, 5.74) is 0. The minimum atomic E-state index is -0.662. The molecule has 1 amide bonds. The first-order valence-corrected chi connectivity index (χ1v) is 35.1. The monoisotopic (exact) mass is 1080 g/mol. The Bertz CT molecular complexity index is 1200. The zero-order valence-corrected chi connectivity index (χ0v) is 52.2. The van der Waals surface area contributed by atoms with Gasteiger partial charge in [-0.3, -0.25) is 9.59 Å². The van der Waals surface area contributed by atoms with Gasteiger partial charge in [0.15, 0.2) is 0 Å². The number of rotatable bonds is 66. The Morgan fingerprint density at radius 3 is 0.922 bits per heavy atom. The Morgan fingerprint density at radius 2 is 0.610 bits per heavy atom. The van der Waals surface area contributed by atoms with Gasteiger partial charge < -0.3 is 20.3 Å². The molecule has 0 bridgehead atoms. The molecule has 0 aliphatic heterocycles. The highest BCUT2D eigenvalue weighted by Crippen LogP contribution is 2.19. The van der Waals surface area contributed by atoms with E-state index in [-0.39, 0.29) is 18.5 Å². The lowest BCUT2D eigenvalue weighted by atomic mass is 10.0. The van der Waals surface area contributed by atoms with Gasteiger partial charge in [-0.1, -0.05) is 327 Å². The van der Waals surface area contributed by atoms with Gasteiger partial charge in [-0.15, -0.1) is 0 Å². The van der Waals surface area contributed by atoms with Crippen molar-refractivity contribution in [3.63, 3.8) is 0 Å². The smallest absolute Gasteiger partial charge is 0.305 e. The van der Waals surface area contributed by atoms with Crippen LogP contribution in [0, 0.1) is 0 Å². The molecule has 0 aromatic heterocycles. The summed E-state index contributed by atoms with van der Waals surface area (Å²) >= 11 is 0. The van der Waals surface area contributed by atoms with Gasteiger partial charge in [-0.05, 0) is 77.0 Å². The van der Waals surface area contributed by atoms with Gasteiger partial charge in [-0.2, -0.15) is 0 Å². The third kappa shape index (κ3) is 63.4. The molecule has 3 N–H and O–H groups in total. The maximum atomic E-state index is 12.5. The van der Waals surface area contributed by atoms with E-state index in [2.05, 4.69) is 43.5 Å². The van der Waals surface area contributed by atoms with E-state index < -0.39 is 12.1 Å². The van der Waals surface area contributed by atoms with Crippen LogP contribution in [-0.2, 0) is 14.3 Å². The average Bonchev–Trinajstić information content (AvgIpc) is 3.43. The Morgan fingerprint density at radius 1 is 0.351 bits per heavy atom. The summed E-state index contributed by atoms with van der Waals surface area (Å²) < 4.78 is 5.49. The topological polar surface area (TPSA) is 95.9 Å². The number of carbonyl (C=O) groups is 2. The normalized spacial score (nSPS) is 12.6. The molecule has 0 saturated heterocycles. The number of aliphatic hydroxyl groups is 2. The van der Waals surface area contributed by atoms with E-state index in [9.17, 15) is 19.8 Å². The number of aliphatic hydroxyl groups excluding tert-OH is 2. The molecule has 0 rings (SSSR count). The molecule has 6 heteroatoms. The predicted octanol–water partition coefficient (Wildman–Crippen LogP) is 22.5. The van der Waals surface area contributed by atoms with Crippen molar-refractivity contribution in [1.82, 2.24) is 5.32 Å². The maximum absolute atomic E-state index is 12.5. The zero-order chi connectivity index (χ0) is 55.7. The molecule has 2 atom stereocenters. The first kappa shape index (κ1) is 75.3. The van der Waals surface area contributed by atoms with Crippen LogP contribution in [0.3, 0.4) is 0 Å². The molecule has 0 aromatic carbocycles. The Hall–Kier alpha value is -1.66. The standard InChI is InChI=1S/C71H137NO5/c1-3-5-7-9-11-13-15-17-19-37-41-45-49-53-57-61-65-71(76)77-66-62-58-54-50-46-42-38-35-33-31-29-27-25-23-21-20-22-24-26-28-30-32-34-36-40-44-48-52-56-60-64-70(75)72-68(67-73)69(74)63-59-55-51-47-43-39-18-16-14-12-10-8-6-4-2/h19,21,23,37,68-69,73-74H,3-18,20,22,24-36,38-67H2,1-2H3,(H,72,75)/b23-21-,37-19-. The van der Waals surface area contributed by atoms with Gasteiger partial charge in [0, 0.05) is 12.8 Å². The molecule has 0 aliphatic carbocycles. The van der Waals surface area contributed by atoms with Crippen molar-refractivity contribution in [2.75, 3.05) is 13.2 Å². The van der Waals surface area contributed by atoms with Gasteiger partial charge in [-0.25, -0.2) is 0 Å². The molecule has 456 valence electrons. The van der Waals surface area contributed by atoms with Gasteiger partial charge in [0.25, 0.3) is 0 Å². The van der Waals surface area contributed by atoms with Crippen LogP contribution in [0.15, 0.2) is 24.3 Å². The largest absolute Gasteiger partial charge is 0.466 e. The van der Waals surface area contributed by atoms with E-state index in [1.54, 1.807) is 0 Å². The van der Waals surface area contributed by atoms with Crippen molar-refractivity contribution < 1.29 is 24.5 Å². The molecule has 2 unspecified atom stereocenters. The van der Waals surface area contributed by atoms with E-state index in [1.165, 1.54) is 315 Å². The lowest BCUT2D eigenvalue weighted by Crippen LogP contribution is -2.45. The van der Waals surface area contributed by atoms with Crippen LogP contribution in [0.25, 0.3) is 0 Å². The molecule has 0 aliphatic rings. The molecule has 77 heavy (non-hydrogen) atoms. The highest BCUT2D eigenvalue weighted by Gasteiger charge is 2.20. The lowest BCUT2D eigenvalue weighted by Gasteiger charge is -2.22. The number of hydrogen-bond donors (Lipinski definition) is 3. The van der Waals surface area contributed by atoms with Crippen LogP contribution in [0.1, 0.15) is 393 Å². The minimum Gasteiger partial charge on any atom is -0.466 e. The second-order valence-electron chi connectivity index (χ2n) is 24.2. The van der Waals surface area contributed by atoms with Crippen LogP contribution in [0.4, 0.5) is 0 Å². The summed E-state index contributed by atoms with van der Waals surface area (Å²) in [6, 6.07) is -0.540. The number of esters is 1. The first-order chi connectivity index (χ1) is 38.0. The highest BCUT2D eigenvalue weighted by molar-refractivity contribution is 5.76. The average molecular weight is 1080 g/mol. The van der Waals surface area contributed by atoms with Gasteiger partial charge >= 0.3 is 5.97 Å². The van der Waals surface area contributed by atoms with Crippen LogP contribution >= 0.6 is 0 Å². The molecule has 0 spiro atoms. The van der Waals surface area contributed by atoms with Crippen LogP contribution < -0.4 is 5.32 Å². The third-order valence-electron chi connectivity index (χ3n) is 16.5. The molecule has 0 fully saturated rings. The number of carbonyl (C=O) groups excluding carboxylic acids is 2. The van der Waals surface area contributed by atoms with Gasteiger partial charge in [0.2, 0.25) is 5.91 Å². The number of nitrogens with one attached hydrogen (secondary N) is 1. The van der Waals surface area contributed by atoms with E-state index in [4.69, 9.17) is 4.74 Å². The summed E-state index contributed by atoms with van der Waals surface area (Å²) in [6.45, 7) is 4.98. The fraction of sp³-hybridized carbons (Fsp3) is 0.915. The quantitative estimate of drug-likeness (QED) is 0.0320. The molecule has 0 saturated carbocycles. The van der Waals surface area contributed by atoms with Gasteiger partial charge in [0.1, 0.15) is 0 Å². The summed E-state index contributed by atoms with van der Waals surface area (Å²) in [7, 11) is 0. The fourth-order valence-corrected chi connectivity index (χ4v) is 11.1. The summed E-state index contributed by atoms with van der Waals surface area (Å²) in [4.78, 5) is 24.6. The third-order valence-corrected chi connectivity index (χ3v) is 16.5.